The molecule has 19 heavy (non-hydrogen) atoms. The van der Waals surface area contributed by atoms with Gasteiger partial charge in [0.1, 0.15) is 5.01 Å². The largest absolute Gasteiger partial charge is 0.296 e. The molecule has 2 heterocycles. The number of carbonyl (C=O) groups is 1. The zero-order valence-corrected chi connectivity index (χ0v) is 11.4. The second-order valence-corrected chi connectivity index (χ2v) is 5.50. The van der Waals surface area contributed by atoms with Crippen LogP contribution in [0.2, 0.25) is 0 Å². The van der Waals surface area contributed by atoms with Crippen molar-refractivity contribution >= 4 is 33.7 Å². The van der Waals surface area contributed by atoms with Gasteiger partial charge in [-0.15, -0.1) is 10.2 Å². The number of nitrogens with one attached hydrogen (secondary N) is 1. The van der Waals surface area contributed by atoms with Crippen LogP contribution in [-0.2, 0) is 0 Å². The second kappa shape index (κ2) is 5.29. The van der Waals surface area contributed by atoms with Crippen molar-refractivity contribution in [1.29, 1.82) is 0 Å². The number of amides is 1. The molecule has 0 spiro atoms. The van der Waals surface area contributed by atoms with Gasteiger partial charge in [0.15, 0.2) is 0 Å². The van der Waals surface area contributed by atoms with E-state index in [1.807, 2.05) is 35.7 Å². The van der Waals surface area contributed by atoms with Crippen LogP contribution in [0.15, 0.2) is 47.2 Å². The SMILES string of the molecule is O=C(Nc1nnc(-c2ccccc2)s1)c1ccsc1. The second-order valence-electron chi connectivity index (χ2n) is 3.74. The molecule has 0 atom stereocenters. The maximum atomic E-state index is 11.9. The minimum atomic E-state index is -0.156. The van der Waals surface area contributed by atoms with Crippen molar-refractivity contribution in [1.82, 2.24) is 10.2 Å². The average molecular weight is 287 g/mol. The number of hydrogen-bond donors (Lipinski definition) is 1. The fraction of sp³-hybridized carbons (Fsp3) is 0. The summed E-state index contributed by atoms with van der Waals surface area (Å²) in [6.07, 6.45) is 0. The van der Waals surface area contributed by atoms with Crippen molar-refractivity contribution < 1.29 is 4.79 Å². The van der Waals surface area contributed by atoms with Gasteiger partial charge in [-0.2, -0.15) is 11.3 Å². The highest BCUT2D eigenvalue weighted by Crippen LogP contribution is 2.26. The Morgan fingerprint density at radius 3 is 2.68 bits per heavy atom. The van der Waals surface area contributed by atoms with E-state index < -0.39 is 0 Å². The molecule has 0 unspecified atom stereocenters. The minimum Gasteiger partial charge on any atom is -0.296 e. The van der Waals surface area contributed by atoms with Crippen LogP contribution in [0.4, 0.5) is 5.13 Å². The number of aromatic nitrogens is 2. The number of anilines is 1. The normalized spacial score (nSPS) is 10.3. The van der Waals surface area contributed by atoms with Crippen LogP contribution in [0.5, 0.6) is 0 Å². The van der Waals surface area contributed by atoms with Gasteiger partial charge in [0.25, 0.3) is 5.91 Å². The molecular weight excluding hydrogens is 278 g/mol. The molecule has 0 aliphatic heterocycles. The molecule has 0 aliphatic carbocycles. The molecule has 0 fully saturated rings. The Kier molecular flexibility index (Phi) is 3.35. The van der Waals surface area contributed by atoms with Gasteiger partial charge in [0.05, 0.1) is 5.56 Å². The Balaban J connectivity index is 1.77. The van der Waals surface area contributed by atoms with E-state index in [0.717, 1.165) is 10.6 Å². The van der Waals surface area contributed by atoms with Gasteiger partial charge in [0.2, 0.25) is 5.13 Å². The number of carbonyl (C=O) groups excluding carboxylic acids is 1. The number of hydrogen-bond acceptors (Lipinski definition) is 5. The van der Waals surface area contributed by atoms with Crippen molar-refractivity contribution in [2.24, 2.45) is 0 Å². The Morgan fingerprint density at radius 1 is 1.11 bits per heavy atom. The Hall–Kier alpha value is -2.05. The summed E-state index contributed by atoms with van der Waals surface area (Å²) in [5.74, 6) is -0.156. The molecule has 0 saturated carbocycles. The lowest BCUT2D eigenvalue weighted by Crippen LogP contribution is -2.10. The highest BCUT2D eigenvalue weighted by molar-refractivity contribution is 7.18. The van der Waals surface area contributed by atoms with E-state index in [-0.39, 0.29) is 5.91 Å². The zero-order chi connectivity index (χ0) is 13.1. The van der Waals surface area contributed by atoms with Gasteiger partial charge in [0, 0.05) is 10.9 Å². The first-order valence-corrected chi connectivity index (χ1v) is 7.31. The van der Waals surface area contributed by atoms with Gasteiger partial charge in [-0.25, -0.2) is 0 Å². The van der Waals surface area contributed by atoms with Crippen molar-refractivity contribution in [2.75, 3.05) is 5.32 Å². The smallest absolute Gasteiger partial charge is 0.258 e. The van der Waals surface area contributed by atoms with Crippen LogP contribution >= 0.6 is 22.7 Å². The minimum absolute atomic E-state index is 0.156. The maximum absolute atomic E-state index is 11.9. The van der Waals surface area contributed by atoms with E-state index in [1.165, 1.54) is 22.7 Å². The lowest BCUT2D eigenvalue weighted by atomic mass is 10.2. The number of nitrogens with zero attached hydrogens (tertiary/aromatic N) is 2. The molecule has 0 radical (unpaired) electrons. The fourth-order valence-corrected chi connectivity index (χ4v) is 2.91. The van der Waals surface area contributed by atoms with Gasteiger partial charge < -0.3 is 0 Å². The molecule has 4 nitrogen and oxygen atoms in total. The standard InChI is InChI=1S/C13H9N3OS2/c17-11(10-6-7-18-8-10)14-13-16-15-12(19-13)9-4-2-1-3-5-9/h1-8H,(H,14,16,17). The van der Waals surface area contributed by atoms with Crippen molar-refractivity contribution in [3.63, 3.8) is 0 Å². The van der Waals surface area contributed by atoms with Gasteiger partial charge in [-0.3, -0.25) is 10.1 Å². The summed E-state index contributed by atoms with van der Waals surface area (Å²) in [7, 11) is 0. The van der Waals surface area contributed by atoms with E-state index in [1.54, 1.807) is 11.4 Å². The molecule has 1 N–H and O–H groups in total. The third kappa shape index (κ3) is 2.69. The van der Waals surface area contributed by atoms with Crippen molar-refractivity contribution in [3.8, 4) is 10.6 Å². The summed E-state index contributed by atoms with van der Waals surface area (Å²) in [6.45, 7) is 0. The molecule has 0 bridgehead atoms. The summed E-state index contributed by atoms with van der Waals surface area (Å²) in [5.41, 5.74) is 1.64. The summed E-state index contributed by atoms with van der Waals surface area (Å²) in [6, 6.07) is 11.5. The number of rotatable bonds is 3. The topological polar surface area (TPSA) is 54.9 Å². The number of thiophene rings is 1. The first-order chi connectivity index (χ1) is 9.33. The average Bonchev–Trinajstić information content (AvgIpc) is 3.11. The molecule has 3 aromatic rings. The Morgan fingerprint density at radius 2 is 1.95 bits per heavy atom. The molecule has 0 saturated heterocycles. The Bertz CT molecular complexity index is 677. The summed E-state index contributed by atoms with van der Waals surface area (Å²) >= 11 is 2.85. The van der Waals surface area contributed by atoms with Crippen LogP contribution in [0.1, 0.15) is 10.4 Å². The predicted octanol–water partition coefficient (Wildman–Crippen LogP) is 3.52. The first kappa shape index (κ1) is 12.0. The predicted molar refractivity (Wildman–Crippen MR) is 77.6 cm³/mol. The highest BCUT2D eigenvalue weighted by Gasteiger charge is 2.11. The molecule has 6 heteroatoms. The van der Waals surface area contributed by atoms with Crippen LogP contribution in [0.3, 0.4) is 0 Å². The van der Waals surface area contributed by atoms with Crippen LogP contribution in [0.25, 0.3) is 10.6 Å². The molecule has 1 aromatic carbocycles. The molecule has 94 valence electrons. The van der Waals surface area contributed by atoms with Crippen LogP contribution < -0.4 is 5.32 Å². The maximum Gasteiger partial charge on any atom is 0.258 e. The van der Waals surface area contributed by atoms with E-state index in [2.05, 4.69) is 15.5 Å². The quantitative estimate of drug-likeness (QED) is 0.802. The molecular formula is C13H9N3OS2. The van der Waals surface area contributed by atoms with Gasteiger partial charge in [-0.1, -0.05) is 41.7 Å². The zero-order valence-electron chi connectivity index (χ0n) is 9.74. The van der Waals surface area contributed by atoms with E-state index >= 15 is 0 Å². The molecule has 0 aliphatic rings. The van der Waals surface area contributed by atoms with Crippen molar-refractivity contribution in [3.05, 3.63) is 52.7 Å². The van der Waals surface area contributed by atoms with Gasteiger partial charge >= 0.3 is 0 Å². The van der Waals surface area contributed by atoms with E-state index in [0.29, 0.717) is 10.7 Å². The van der Waals surface area contributed by atoms with E-state index in [4.69, 9.17) is 0 Å². The third-order valence-corrected chi connectivity index (χ3v) is 4.02. The van der Waals surface area contributed by atoms with Crippen LogP contribution in [-0.4, -0.2) is 16.1 Å². The summed E-state index contributed by atoms with van der Waals surface area (Å²) < 4.78 is 0. The fourth-order valence-electron chi connectivity index (χ4n) is 1.53. The first-order valence-electron chi connectivity index (χ1n) is 5.55. The summed E-state index contributed by atoms with van der Waals surface area (Å²) in [5, 5.41) is 15.8. The summed E-state index contributed by atoms with van der Waals surface area (Å²) in [4.78, 5) is 11.9. The monoisotopic (exact) mass is 287 g/mol. The molecule has 1 amide bonds. The van der Waals surface area contributed by atoms with E-state index in [9.17, 15) is 4.79 Å². The lowest BCUT2D eigenvalue weighted by molar-refractivity contribution is 0.102. The third-order valence-electron chi connectivity index (χ3n) is 2.45. The van der Waals surface area contributed by atoms with Crippen molar-refractivity contribution in [2.45, 2.75) is 0 Å². The number of benzene rings is 1. The van der Waals surface area contributed by atoms with Crippen LogP contribution in [0, 0.1) is 0 Å². The molecule has 3 rings (SSSR count). The lowest BCUT2D eigenvalue weighted by Gasteiger charge is -1.96. The Labute approximate surface area is 117 Å². The highest BCUT2D eigenvalue weighted by atomic mass is 32.1. The van der Waals surface area contributed by atoms with Gasteiger partial charge in [-0.05, 0) is 11.4 Å². The molecule has 2 aromatic heterocycles.